The maximum absolute atomic E-state index is 13.5. The van der Waals surface area contributed by atoms with Crippen LogP contribution in [0.25, 0.3) is 0 Å². The summed E-state index contributed by atoms with van der Waals surface area (Å²) in [5, 5.41) is 0. The number of ether oxygens (including phenoxy) is 1. The number of alkyl halides is 3. The molecule has 0 amide bonds. The first kappa shape index (κ1) is 16.7. The molecule has 23 heavy (non-hydrogen) atoms. The fourth-order valence-corrected chi connectivity index (χ4v) is 1.95. The molecule has 0 radical (unpaired) electrons. The molecule has 0 bridgehead atoms. The summed E-state index contributed by atoms with van der Waals surface area (Å²) in [5.41, 5.74) is -1.62. The zero-order valence-electron chi connectivity index (χ0n) is 11.9. The topological polar surface area (TPSA) is 38.7 Å². The maximum Gasteiger partial charge on any atom is 0.421 e. The first-order valence-electron chi connectivity index (χ1n) is 6.41. The number of esters is 1. The largest absolute Gasteiger partial charge is 0.465 e. The quantitative estimate of drug-likeness (QED) is 0.477. The summed E-state index contributed by atoms with van der Waals surface area (Å²) in [6, 6.07) is 8.99. The van der Waals surface area contributed by atoms with E-state index in [1.165, 1.54) is 19.2 Å². The lowest BCUT2D eigenvalue weighted by atomic mass is 10.1. The normalized spacial score (nSPS) is 11.7. The van der Waals surface area contributed by atoms with Crippen molar-refractivity contribution in [3.63, 3.8) is 0 Å². The Bertz CT molecular complexity index is 754. The van der Waals surface area contributed by atoms with Crippen LogP contribution in [0.15, 0.2) is 47.5 Å². The molecule has 2 aromatic rings. The number of rotatable bonds is 3. The molecule has 0 spiro atoms. The van der Waals surface area contributed by atoms with Gasteiger partial charge in [-0.05, 0) is 18.2 Å². The van der Waals surface area contributed by atoms with Gasteiger partial charge in [-0.3, -0.25) is 4.99 Å². The molecule has 0 atom stereocenters. The van der Waals surface area contributed by atoms with Gasteiger partial charge in [0.1, 0.15) is 11.4 Å². The predicted molar refractivity (Wildman–Crippen MR) is 76.4 cm³/mol. The van der Waals surface area contributed by atoms with Crippen molar-refractivity contribution in [3.05, 3.63) is 65.0 Å². The smallest absolute Gasteiger partial charge is 0.421 e. The minimum absolute atomic E-state index is 0.142. The number of carbonyl (C=O) groups excluding carboxylic acids is 1. The van der Waals surface area contributed by atoms with Crippen LogP contribution < -0.4 is 0 Å². The number of benzene rings is 2. The van der Waals surface area contributed by atoms with Crippen LogP contribution in [0.2, 0.25) is 0 Å². The van der Waals surface area contributed by atoms with E-state index < -0.39 is 29.2 Å². The molecule has 0 unspecified atom stereocenters. The summed E-state index contributed by atoms with van der Waals surface area (Å²) in [5.74, 6) is -2.06. The number of hydrogen-bond acceptors (Lipinski definition) is 3. The molecule has 2 rings (SSSR count). The molecule has 120 valence electrons. The Balaban J connectivity index is 2.47. The van der Waals surface area contributed by atoms with Crippen molar-refractivity contribution >= 4 is 17.9 Å². The second kappa shape index (κ2) is 6.60. The Morgan fingerprint density at radius 2 is 1.83 bits per heavy atom. The van der Waals surface area contributed by atoms with Crippen molar-refractivity contribution in [3.8, 4) is 0 Å². The van der Waals surface area contributed by atoms with E-state index in [4.69, 9.17) is 0 Å². The monoisotopic (exact) mass is 325 g/mol. The SMILES string of the molecule is COC(=O)c1ccccc1C=Nc1cccc(F)c1C(F)(F)F. The maximum atomic E-state index is 13.5. The highest BCUT2D eigenvalue weighted by molar-refractivity contribution is 5.99. The third-order valence-electron chi connectivity index (χ3n) is 2.98. The van der Waals surface area contributed by atoms with Crippen LogP contribution in [0, 0.1) is 5.82 Å². The summed E-state index contributed by atoms with van der Waals surface area (Å²) in [6.45, 7) is 0. The van der Waals surface area contributed by atoms with Crippen LogP contribution in [0.3, 0.4) is 0 Å². The molecule has 7 heteroatoms. The second-order valence-corrected chi connectivity index (χ2v) is 4.47. The van der Waals surface area contributed by atoms with Gasteiger partial charge in [0.2, 0.25) is 0 Å². The highest BCUT2D eigenvalue weighted by atomic mass is 19.4. The average Bonchev–Trinajstić information content (AvgIpc) is 2.51. The minimum Gasteiger partial charge on any atom is -0.465 e. The van der Waals surface area contributed by atoms with E-state index in [2.05, 4.69) is 9.73 Å². The molecular weight excluding hydrogens is 314 g/mol. The molecule has 0 aromatic heterocycles. The Labute approximate surface area is 129 Å². The third kappa shape index (κ3) is 3.74. The van der Waals surface area contributed by atoms with Gasteiger partial charge in [0.15, 0.2) is 0 Å². The third-order valence-corrected chi connectivity index (χ3v) is 2.98. The van der Waals surface area contributed by atoms with Gasteiger partial charge >= 0.3 is 12.1 Å². The lowest BCUT2D eigenvalue weighted by molar-refractivity contribution is -0.139. The number of nitrogens with zero attached hydrogens (tertiary/aromatic N) is 1. The van der Waals surface area contributed by atoms with Gasteiger partial charge in [0, 0.05) is 11.8 Å². The predicted octanol–water partition coefficient (Wildman–Crippen LogP) is 4.38. The van der Waals surface area contributed by atoms with Crippen molar-refractivity contribution in [1.82, 2.24) is 0 Å². The first-order chi connectivity index (χ1) is 10.8. The summed E-state index contributed by atoms with van der Waals surface area (Å²) in [7, 11) is 1.19. The summed E-state index contributed by atoms with van der Waals surface area (Å²) < 4.78 is 56.8. The molecule has 0 heterocycles. The lowest BCUT2D eigenvalue weighted by Gasteiger charge is -2.10. The zero-order chi connectivity index (χ0) is 17.0. The lowest BCUT2D eigenvalue weighted by Crippen LogP contribution is -2.08. The van der Waals surface area contributed by atoms with E-state index in [1.807, 2.05) is 0 Å². The Kier molecular flexibility index (Phi) is 4.78. The van der Waals surface area contributed by atoms with Crippen molar-refractivity contribution in [2.45, 2.75) is 6.18 Å². The van der Waals surface area contributed by atoms with E-state index in [0.717, 1.165) is 18.3 Å². The van der Waals surface area contributed by atoms with Crippen LogP contribution in [-0.2, 0) is 10.9 Å². The summed E-state index contributed by atoms with van der Waals surface area (Å²) >= 11 is 0. The number of aliphatic imine (C=N–C) groups is 1. The molecule has 0 aliphatic rings. The van der Waals surface area contributed by atoms with Gasteiger partial charge in [-0.15, -0.1) is 0 Å². The minimum atomic E-state index is -4.88. The van der Waals surface area contributed by atoms with E-state index in [0.29, 0.717) is 6.07 Å². The van der Waals surface area contributed by atoms with Gasteiger partial charge in [-0.1, -0.05) is 24.3 Å². The van der Waals surface area contributed by atoms with E-state index in [-0.39, 0.29) is 11.1 Å². The van der Waals surface area contributed by atoms with Crippen molar-refractivity contribution in [1.29, 1.82) is 0 Å². The van der Waals surface area contributed by atoms with E-state index in [1.54, 1.807) is 12.1 Å². The van der Waals surface area contributed by atoms with Gasteiger partial charge in [0.05, 0.1) is 18.4 Å². The number of carbonyl (C=O) groups is 1. The molecule has 3 nitrogen and oxygen atoms in total. The highest BCUT2D eigenvalue weighted by Gasteiger charge is 2.36. The Hall–Kier alpha value is -2.70. The Morgan fingerprint density at radius 1 is 1.13 bits per heavy atom. The van der Waals surface area contributed by atoms with Crippen molar-refractivity contribution in [2.75, 3.05) is 7.11 Å². The molecule has 2 aromatic carbocycles. The molecule has 0 aliphatic carbocycles. The molecule has 0 saturated heterocycles. The van der Waals surface area contributed by atoms with E-state index >= 15 is 0 Å². The van der Waals surface area contributed by atoms with E-state index in [9.17, 15) is 22.4 Å². The van der Waals surface area contributed by atoms with Gasteiger partial charge in [0.25, 0.3) is 0 Å². The number of halogens is 4. The Morgan fingerprint density at radius 3 is 2.48 bits per heavy atom. The number of methoxy groups -OCH3 is 1. The molecule has 0 N–H and O–H groups in total. The summed E-state index contributed by atoms with van der Waals surface area (Å²) in [4.78, 5) is 15.3. The number of hydrogen-bond donors (Lipinski definition) is 0. The highest BCUT2D eigenvalue weighted by Crippen LogP contribution is 2.38. The van der Waals surface area contributed by atoms with Crippen LogP contribution in [0.1, 0.15) is 21.5 Å². The second-order valence-electron chi connectivity index (χ2n) is 4.47. The van der Waals surface area contributed by atoms with Crippen LogP contribution >= 0.6 is 0 Å². The van der Waals surface area contributed by atoms with Crippen LogP contribution in [0.5, 0.6) is 0 Å². The van der Waals surface area contributed by atoms with Crippen molar-refractivity contribution in [2.24, 2.45) is 4.99 Å². The standard InChI is InChI=1S/C16H11F4NO2/c1-23-15(22)11-6-3-2-5-10(11)9-21-13-8-4-7-12(17)14(13)16(18,19)20/h2-9H,1H3. The fraction of sp³-hybridized carbons (Fsp3) is 0.125. The van der Waals surface area contributed by atoms with Crippen molar-refractivity contribution < 1.29 is 27.1 Å². The molecular formula is C16H11F4NO2. The summed E-state index contributed by atoms with van der Waals surface area (Å²) in [6.07, 6.45) is -3.81. The van der Waals surface area contributed by atoms with Gasteiger partial charge in [-0.2, -0.15) is 13.2 Å². The fourth-order valence-electron chi connectivity index (χ4n) is 1.95. The zero-order valence-corrected chi connectivity index (χ0v) is 11.9. The van der Waals surface area contributed by atoms with Gasteiger partial charge < -0.3 is 4.74 Å². The molecule has 0 saturated carbocycles. The molecule has 0 fully saturated rings. The average molecular weight is 325 g/mol. The van der Waals surface area contributed by atoms with Crippen LogP contribution in [-0.4, -0.2) is 19.3 Å². The first-order valence-corrected chi connectivity index (χ1v) is 6.41. The van der Waals surface area contributed by atoms with Crippen LogP contribution in [0.4, 0.5) is 23.2 Å². The van der Waals surface area contributed by atoms with Gasteiger partial charge in [-0.25, -0.2) is 9.18 Å². The molecule has 0 aliphatic heterocycles.